The summed E-state index contributed by atoms with van der Waals surface area (Å²) < 4.78 is 7.26. The molecule has 1 aromatic carbocycles. The van der Waals surface area contributed by atoms with Crippen molar-refractivity contribution in [2.24, 2.45) is 0 Å². The summed E-state index contributed by atoms with van der Waals surface area (Å²) >= 11 is 6.58. The van der Waals surface area contributed by atoms with Crippen LogP contribution in [0.25, 0.3) is 16.9 Å². The van der Waals surface area contributed by atoms with E-state index in [-0.39, 0.29) is 5.75 Å². The normalized spacial score (nSPS) is 15.2. The second-order valence-corrected chi connectivity index (χ2v) is 6.13. The Labute approximate surface area is 144 Å². The number of morpholine rings is 1. The number of phenols is 1. The van der Waals surface area contributed by atoms with Gasteiger partial charge in [0.25, 0.3) is 0 Å². The lowest BCUT2D eigenvalue weighted by Crippen LogP contribution is -2.37. The number of aromatic hydroxyl groups is 1. The van der Waals surface area contributed by atoms with Crippen molar-refractivity contribution in [2.75, 3.05) is 31.2 Å². The number of imidazole rings is 1. The fourth-order valence-corrected chi connectivity index (χ4v) is 3.23. The highest BCUT2D eigenvalue weighted by molar-refractivity contribution is 6.32. The molecule has 1 fully saturated rings. The number of hydrogen-bond donors (Lipinski definition) is 1. The van der Waals surface area contributed by atoms with Gasteiger partial charge >= 0.3 is 0 Å². The van der Waals surface area contributed by atoms with Gasteiger partial charge < -0.3 is 14.7 Å². The summed E-state index contributed by atoms with van der Waals surface area (Å²) in [7, 11) is 0. The summed E-state index contributed by atoms with van der Waals surface area (Å²) in [5.41, 5.74) is 2.73. The van der Waals surface area contributed by atoms with Crippen LogP contribution in [-0.2, 0) is 4.74 Å². The van der Waals surface area contributed by atoms with Crippen molar-refractivity contribution < 1.29 is 9.84 Å². The molecule has 0 atom stereocenters. The molecule has 0 aliphatic carbocycles. The van der Waals surface area contributed by atoms with E-state index in [0.29, 0.717) is 29.6 Å². The molecule has 3 aromatic rings. The van der Waals surface area contributed by atoms with Crippen LogP contribution in [0.4, 0.5) is 5.82 Å². The highest BCUT2D eigenvalue weighted by Gasteiger charge is 2.22. The van der Waals surface area contributed by atoms with E-state index in [1.54, 1.807) is 12.1 Å². The van der Waals surface area contributed by atoms with Gasteiger partial charge in [-0.15, -0.1) is 0 Å². The maximum atomic E-state index is 10.2. The van der Waals surface area contributed by atoms with Gasteiger partial charge in [-0.05, 0) is 19.1 Å². The number of halogens is 1. The van der Waals surface area contributed by atoms with Gasteiger partial charge in [0, 0.05) is 24.8 Å². The second-order valence-electron chi connectivity index (χ2n) is 5.77. The van der Waals surface area contributed by atoms with Crippen LogP contribution in [0.3, 0.4) is 0 Å². The van der Waals surface area contributed by atoms with Crippen LogP contribution in [0, 0.1) is 6.92 Å². The third-order valence-corrected chi connectivity index (χ3v) is 4.48. The van der Waals surface area contributed by atoms with Gasteiger partial charge in [0.2, 0.25) is 0 Å². The molecular formula is C17H17ClN4O2. The minimum absolute atomic E-state index is 0.149. The Morgan fingerprint density at radius 3 is 2.67 bits per heavy atom. The first kappa shape index (κ1) is 15.2. The molecule has 2 aromatic heterocycles. The fourth-order valence-electron chi connectivity index (χ4n) is 2.95. The summed E-state index contributed by atoms with van der Waals surface area (Å²) in [4.78, 5) is 11.5. The molecule has 0 radical (unpaired) electrons. The quantitative estimate of drug-likeness (QED) is 0.774. The zero-order valence-corrected chi connectivity index (χ0v) is 14.0. The lowest BCUT2D eigenvalue weighted by molar-refractivity contribution is 0.122. The summed E-state index contributed by atoms with van der Waals surface area (Å²) in [6.45, 7) is 4.73. The van der Waals surface area contributed by atoms with Crippen LogP contribution in [0.15, 0.2) is 30.5 Å². The predicted octanol–water partition coefficient (Wildman–Crippen LogP) is 2.90. The fraction of sp³-hybridized carbons (Fsp3) is 0.294. The van der Waals surface area contributed by atoms with E-state index in [2.05, 4.69) is 9.88 Å². The Kier molecular flexibility index (Phi) is 3.78. The van der Waals surface area contributed by atoms with E-state index in [1.807, 2.05) is 29.7 Å². The number of aryl methyl sites for hydroxylation is 1. The monoisotopic (exact) mass is 344 g/mol. The zero-order chi connectivity index (χ0) is 16.7. The maximum Gasteiger partial charge on any atom is 0.181 e. The van der Waals surface area contributed by atoms with Crippen LogP contribution >= 0.6 is 11.6 Å². The second kappa shape index (κ2) is 5.96. The van der Waals surface area contributed by atoms with Crippen LogP contribution in [0.5, 0.6) is 5.75 Å². The molecule has 1 aliphatic heterocycles. The molecule has 3 heterocycles. The molecular weight excluding hydrogens is 328 g/mol. The number of benzene rings is 1. The van der Waals surface area contributed by atoms with Crippen molar-refractivity contribution in [1.82, 2.24) is 14.4 Å². The number of fused-ring (bicyclic) bond motifs is 1. The third kappa shape index (κ3) is 2.48. The average molecular weight is 345 g/mol. The van der Waals surface area contributed by atoms with Crippen molar-refractivity contribution in [3.8, 4) is 17.0 Å². The van der Waals surface area contributed by atoms with Crippen LogP contribution in [0.2, 0.25) is 5.15 Å². The Morgan fingerprint density at radius 1 is 1.17 bits per heavy atom. The third-order valence-electron chi connectivity index (χ3n) is 4.12. The Morgan fingerprint density at radius 2 is 1.92 bits per heavy atom. The predicted molar refractivity (Wildman–Crippen MR) is 92.9 cm³/mol. The van der Waals surface area contributed by atoms with E-state index < -0.39 is 0 Å². The maximum absolute atomic E-state index is 10.2. The molecule has 0 amide bonds. The molecule has 0 saturated carbocycles. The smallest absolute Gasteiger partial charge is 0.181 e. The van der Waals surface area contributed by atoms with E-state index >= 15 is 0 Å². The Balaban J connectivity index is 1.97. The zero-order valence-electron chi connectivity index (χ0n) is 13.2. The van der Waals surface area contributed by atoms with Gasteiger partial charge in [-0.2, -0.15) is 0 Å². The number of aromatic nitrogens is 3. The molecule has 7 heteroatoms. The lowest BCUT2D eigenvalue weighted by atomic mass is 10.1. The number of hydrogen-bond acceptors (Lipinski definition) is 5. The Bertz CT molecular complexity index is 903. The van der Waals surface area contributed by atoms with Gasteiger partial charge in [0.1, 0.15) is 16.6 Å². The minimum atomic E-state index is 0.149. The molecule has 6 nitrogen and oxygen atoms in total. The van der Waals surface area contributed by atoms with Crippen molar-refractivity contribution in [3.05, 3.63) is 41.3 Å². The molecule has 124 valence electrons. The number of rotatable bonds is 2. The van der Waals surface area contributed by atoms with Crippen molar-refractivity contribution >= 4 is 23.1 Å². The van der Waals surface area contributed by atoms with Crippen LogP contribution in [-0.4, -0.2) is 45.8 Å². The van der Waals surface area contributed by atoms with E-state index in [0.717, 1.165) is 30.2 Å². The topological polar surface area (TPSA) is 62.9 Å². The van der Waals surface area contributed by atoms with Crippen molar-refractivity contribution in [2.45, 2.75) is 6.92 Å². The molecule has 1 aliphatic rings. The average Bonchev–Trinajstić information content (AvgIpc) is 2.99. The molecule has 4 rings (SSSR count). The van der Waals surface area contributed by atoms with E-state index in [4.69, 9.17) is 21.3 Å². The van der Waals surface area contributed by atoms with Gasteiger partial charge in [0.05, 0.1) is 18.9 Å². The summed E-state index contributed by atoms with van der Waals surface area (Å²) in [5.74, 6) is 0.907. The first-order valence-electron chi connectivity index (χ1n) is 7.81. The van der Waals surface area contributed by atoms with Gasteiger partial charge in [-0.1, -0.05) is 23.7 Å². The summed E-state index contributed by atoms with van der Waals surface area (Å²) in [6, 6.07) is 7.06. The Hall–Kier alpha value is -2.31. The first-order chi connectivity index (χ1) is 11.6. The highest BCUT2D eigenvalue weighted by atomic mass is 35.5. The highest BCUT2D eigenvalue weighted by Crippen LogP contribution is 2.36. The van der Waals surface area contributed by atoms with Gasteiger partial charge in [-0.25, -0.2) is 9.97 Å². The van der Waals surface area contributed by atoms with E-state index in [1.165, 1.54) is 0 Å². The molecule has 0 unspecified atom stereocenters. The summed E-state index contributed by atoms with van der Waals surface area (Å²) in [5, 5.41) is 10.6. The van der Waals surface area contributed by atoms with Crippen LogP contribution in [0.1, 0.15) is 5.69 Å². The molecule has 1 saturated heterocycles. The summed E-state index contributed by atoms with van der Waals surface area (Å²) in [6.07, 6.45) is 1.88. The molecule has 0 bridgehead atoms. The van der Waals surface area contributed by atoms with Gasteiger partial charge in [0.15, 0.2) is 11.5 Å². The number of phenolic OH excluding ortho intramolecular Hbond substituents is 1. The lowest BCUT2D eigenvalue weighted by Gasteiger charge is -2.28. The van der Waals surface area contributed by atoms with Crippen LogP contribution < -0.4 is 4.90 Å². The SMILES string of the molecule is Cc1cn2c(Cl)c(-c3ccccc3O)nc(N3CCOCC3)c2n1. The van der Waals surface area contributed by atoms with Crippen molar-refractivity contribution in [1.29, 1.82) is 0 Å². The standard InChI is InChI=1S/C17H17ClN4O2/c1-11-10-22-15(18)14(12-4-2-3-5-13(12)23)20-16(17(22)19-11)21-6-8-24-9-7-21/h2-5,10,23H,6-9H2,1H3. The molecule has 0 spiro atoms. The largest absolute Gasteiger partial charge is 0.507 e. The van der Waals surface area contributed by atoms with E-state index in [9.17, 15) is 5.11 Å². The number of anilines is 1. The number of para-hydroxylation sites is 1. The van der Waals surface area contributed by atoms with Crippen molar-refractivity contribution in [3.63, 3.8) is 0 Å². The minimum Gasteiger partial charge on any atom is -0.507 e. The number of ether oxygens (including phenoxy) is 1. The van der Waals surface area contributed by atoms with Gasteiger partial charge in [-0.3, -0.25) is 4.40 Å². The number of nitrogens with zero attached hydrogens (tertiary/aromatic N) is 4. The molecule has 1 N–H and O–H groups in total. The molecule has 24 heavy (non-hydrogen) atoms. The first-order valence-corrected chi connectivity index (χ1v) is 8.19.